The minimum absolute atomic E-state index is 0.120. The molecule has 2 aromatic carbocycles. The molecule has 1 aliphatic rings. The third kappa shape index (κ3) is 5.28. The summed E-state index contributed by atoms with van der Waals surface area (Å²) in [6, 6.07) is 15.1. The second kappa shape index (κ2) is 9.53. The standard InChI is InChI=1S/C23H24F3N3O4/c1-14-19(29(22(27)28(2)20(14)30)33-21(31)23(24,25)26)11-10-15-6-4-7-16(12-15)17-8-5-9-18(13-17)32-3/h4-9,12-13,22H,10-11,27H2,1-3H3. The Kier molecular flexibility index (Phi) is 6.97. The van der Waals surface area contributed by atoms with Crippen molar-refractivity contribution >= 4 is 11.9 Å². The van der Waals surface area contributed by atoms with E-state index >= 15 is 0 Å². The van der Waals surface area contributed by atoms with Crippen LogP contribution in [0.15, 0.2) is 59.8 Å². The molecule has 0 radical (unpaired) electrons. The lowest BCUT2D eigenvalue weighted by molar-refractivity contribution is -0.248. The summed E-state index contributed by atoms with van der Waals surface area (Å²) in [6.45, 7) is 1.46. The monoisotopic (exact) mass is 463 g/mol. The van der Waals surface area contributed by atoms with Gasteiger partial charge < -0.3 is 14.5 Å². The number of carbonyl (C=O) groups is 2. The number of rotatable bonds is 6. The van der Waals surface area contributed by atoms with Crippen molar-refractivity contribution in [3.8, 4) is 16.9 Å². The molecular formula is C23H24F3N3O4. The number of halogens is 3. The van der Waals surface area contributed by atoms with Crippen molar-refractivity contribution in [2.24, 2.45) is 5.73 Å². The van der Waals surface area contributed by atoms with Crippen molar-refractivity contribution < 1.29 is 32.3 Å². The highest BCUT2D eigenvalue weighted by molar-refractivity contribution is 5.94. The molecule has 1 heterocycles. The molecule has 1 unspecified atom stereocenters. The average Bonchev–Trinajstić information content (AvgIpc) is 2.80. The molecular weight excluding hydrogens is 439 g/mol. The Bertz CT molecular complexity index is 1080. The number of benzene rings is 2. The summed E-state index contributed by atoms with van der Waals surface area (Å²) in [4.78, 5) is 29.5. The van der Waals surface area contributed by atoms with Gasteiger partial charge in [0.2, 0.25) is 0 Å². The summed E-state index contributed by atoms with van der Waals surface area (Å²) >= 11 is 0. The van der Waals surface area contributed by atoms with Crippen molar-refractivity contribution in [1.29, 1.82) is 0 Å². The molecule has 0 spiro atoms. The Morgan fingerprint density at radius 2 is 1.73 bits per heavy atom. The van der Waals surface area contributed by atoms with Crippen molar-refractivity contribution in [2.45, 2.75) is 32.2 Å². The van der Waals surface area contributed by atoms with E-state index in [9.17, 15) is 22.8 Å². The van der Waals surface area contributed by atoms with Gasteiger partial charge in [-0.2, -0.15) is 18.2 Å². The molecule has 0 bridgehead atoms. The number of nitrogens with two attached hydrogens (primary N) is 1. The van der Waals surface area contributed by atoms with Crippen LogP contribution in [0.1, 0.15) is 18.9 Å². The van der Waals surface area contributed by atoms with Crippen LogP contribution in [0, 0.1) is 0 Å². The van der Waals surface area contributed by atoms with E-state index in [4.69, 9.17) is 10.5 Å². The summed E-state index contributed by atoms with van der Waals surface area (Å²) in [7, 11) is 2.90. The first-order valence-electron chi connectivity index (χ1n) is 10.1. The number of likely N-dealkylation sites (N-methyl/N-ethyl adjacent to an activating group) is 1. The van der Waals surface area contributed by atoms with Gasteiger partial charge in [0, 0.05) is 12.6 Å². The number of ether oxygens (including phenoxy) is 1. The van der Waals surface area contributed by atoms with Crippen LogP contribution in [0.25, 0.3) is 11.1 Å². The molecule has 1 atom stereocenters. The van der Waals surface area contributed by atoms with E-state index in [2.05, 4.69) is 4.84 Å². The molecule has 2 aromatic rings. The van der Waals surface area contributed by atoms with E-state index in [-0.39, 0.29) is 17.7 Å². The molecule has 0 aliphatic carbocycles. The van der Waals surface area contributed by atoms with E-state index in [0.29, 0.717) is 17.2 Å². The first kappa shape index (κ1) is 24.1. The summed E-state index contributed by atoms with van der Waals surface area (Å²) in [5, 5.41) is 0.665. The zero-order valence-electron chi connectivity index (χ0n) is 18.3. The number of aryl methyl sites for hydroxylation is 1. The van der Waals surface area contributed by atoms with Gasteiger partial charge in [-0.3, -0.25) is 10.5 Å². The van der Waals surface area contributed by atoms with Gasteiger partial charge in [0.15, 0.2) is 6.29 Å². The van der Waals surface area contributed by atoms with E-state index in [0.717, 1.165) is 21.6 Å². The number of amides is 1. The molecule has 33 heavy (non-hydrogen) atoms. The van der Waals surface area contributed by atoms with Crippen LogP contribution in [0.4, 0.5) is 13.2 Å². The van der Waals surface area contributed by atoms with Gasteiger partial charge in [0.1, 0.15) is 5.75 Å². The van der Waals surface area contributed by atoms with Crippen LogP contribution in [0.5, 0.6) is 5.75 Å². The highest BCUT2D eigenvalue weighted by Crippen LogP contribution is 2.30. The second-order valence-corrected chi connectivity index (χ2v) is 7.54. The topological polar surface area (TPSA) is 85.1 Å². The molecule has 1 aliphatic heterocycles. The molecule has 7 nitrogen and oxygen atoms in total. The maximum absolute atomic E-state index is 12.8. The van der Waals surface area contributed by atoms with Crippen molar-refractivity contribution in [1.82, 2.24) is 9.96 Å². The number of alkyl halides is 3. The number of allylic oxidation sites excluding steroid dienone is 1. The molecule has 176 valence electrons. The molecule has 0 saturated heterocycles. The number of hydroxylamine groups is 2. The third-order valence-electron chi connectivity index (χ3n) is 5.37. The summed E-state index contributed by atoms with van der Waals surface area (Å²) in [6.07, 6.45) is -6.09. The van der Waals surface area contributed by atoms with Crippen LogP contribution < -0.4 is 10.5 Å². The maximum Gasteiger partial charge on any atom is 0.493 e. The lowest BCUT2D eigenvalue weighted by Gasteiger charge is -2.40. The van der Waals surface area contributed by atoms with Gasteiger partial charge in [-0.15, -0.1) is 0 Å². The van der Waals surface area contributed by atoms with Crippen molar-refractivity contribution in [2.75, 3.05) is 14.2 Å². The maximum atomic E-state index is 12.8. The summed E-state index contributed by atoms with van der Waals surface area (Å²) in [5.41, 5.74) is 8.90. The Labute approximate surface area is 189 Å². The molecule has 1 amide bonds. The molecule has 0 aromatic heterocycles. The Balaban J connectivity index is 1.85. The highest BCUT2D eigenvalue weighted by Gasteiger charge is 2.45. The number of carbonyl (C=O) groups excluding carboxylic acids is 2. The van der Waals surface area contributed by atoms with Gasteiger partial charge >= 0.3 is 12.1 Å². The number of nitrogens with zero attached hydrogens (tertiary/aromatic N) is 2. The van der Waals surface area contributed by atoms with Crippen molar-refractivity contribution in [3.05, 3.63) is 65.4 Å². The van der Waals surface area contributed by atoms with Gasteiger partial charge in [-0.1, -0.05) is 36.4 Å². The van der Waals surface area contributed by atoms with Gasteiger partial charge in [-0.25, -0.2) is 4.79 Å². The zero-order chi connectivity index (χ0) is 24.3. The smallest absolute Gasteiger partial charge is 0.493 e. The Hall–Kier alpha value is -3.53. The van der Waals surface area contributed by atoms with Gasteiger partial charge in [0.25, 0.3) is 5.91 Å². The molecule has 10 heteroatoms. The van der Waals surface area contributed by atoms with Crippen LogP contribution in [0.2, 0.25) is 0 Å². The second-order valence-electron chi connectivity index (χ2n) is 7.54. The molecule has 0 fully saturated rings. The van der Waals surface area contributed by atoms with E-state index in [1.54, 1.807) is 7.11 Å². The third-order valence-corrected chi connectivity index (χ3v) is 5.37. The predicted molar refractivity (Wildman–Crippen MR) is 114 cm³/mol. The van der Waals surface area contributed by atoms with E-state index in [1.165, 1.54) is 14.0 Å². The average molecular weight is 463 g/mol. The van der Waals surface area contributed by atoms with E-state index < -0.39 is 24.3 Å². The lowest BCUT2D eigenvalue weighted by Crippen LogP contribution is -2.59. The van der Waals surface area contributed by atoms with Crippen molar-refractivity contribution in [3.63, 3.8) is 0 Å². The minimum atomic E-state index is -5.20. The zero-order valence-corrected chi connectivity index (χ0v) is 18.3. The molecule has 2 N–H and O–H groups in total. The molecule has 0 saturated carbocycles. The SMILES string of the molecule is COc1cccc(-c2cccc(CCC3=C(C)C(=O)N(C)C(N)N3OC(=O)C(F)(F)F)c2)c1. The fraction of sp³-hybridized carbons (Fsp3) is 0.304. The number of hydrogen-bond acceptors (Lipinski definition) is 6. The summed E-state index contributed by atoms with van der Waals surface area (Å²) in [5.74, 6) is -2.16. The van der Waals surface area contributed by atoms with Gasteiger partial charge in [0.05, 0.1) is 12.8 Å². The predicted octanol–water partition coefficient (Wildman–Crippen LogP) is 3.61. The minimum Gasteiger partial charge on any atom is -0.497 e. The van der Waals surface area contributed by atoms with Gasteiger partial charge in [-0.05, 0) is 48.6 Å². The molecule has 3 rings (SSSR count). The fourth-order valence-corrected chi connectivity index (χ4v) is 3.51. The van der Waals surface area contributed by atoms with Crippen LogP contribution in [-0.2, 0) is 20.8 Å². The Morgan fingerprint density at radius 3 is 2.36 bits per heavy atom. The largest absolute Gasteiger partial charge is 0.497 e. The highest BCUT2D eigenvalue weighted by atomic mass is 19.4. The normalized spacial score (nSPS) is 16.8. The van der Waals surface area contributed by atoms with E-state index in [1.807, 2.05) is 48.5 Å². The first-order chi connectivity index (χ1) is 15.5. The first-order valence-corrected chi connectivity index (χ1v) is 10.1. The fourth-order valence-electron chi connectivity index (χ4n) is 3.51. The van der Waals surface area contributed by atoms with Crippen LogP contribution >= 0.6 is 0 Å². The lowest BCUT2D eigenvalue weighted by atomic mass is 9.99. The Morgan fingerprint density at radius 1 is 1.09 bits per heavy atom. The van der Waals surface area contributed by atoms with Crippen LogP contribution in [-0.4, -0.2) is 48.5 Å². The summed E-state index contributed by atoms with van der Waals surface area (Å²) < 4.78 is 43.6. The number of hydrogen-bond donors (Lipinski definition) is 1. The van der Waals surface area contributed by atoms with Crippen LogP contribution in [0.3, 0.4) is 0 Å². The number of methoxy groups -OCH3 is 1. The quantitative estimate of drug-likeness (QED) is 0.705.